The first-order valence-corrected chi connectivity index (χ1v) is 20.5. The van der Waals surface area contributed by atoms with Crippen LogP contribution in [-0.4, -0.2) is 106 Å². The molecule has 18 nitrogen and oxygen atoms in total. The van der Waals surface area contributed by atoms with Crippen molar-refractivity contribution in [1.82, 2.24) is 31.9 Å². The fourth-order valence-electron chi connectivity index (χ4n) is 6.62. The van der Waals surface area contributed by atoms with Gasteiger partial charge in [-0.25, -0.2) is 19.2 Å². The Morgan fingerprint density at radius 3 is 1.32 bits per heavy atom. The lowest BCUT2D eigenvalue weighted by Gasteiger charge is -2.25. The zero-order valence-corrected chi connectivity index (χ0v) is 35.0. The normalized spacial score (nSPS) is 12.4. The van der Waals surface area contributed by atoms with Crippen LogP contribution in [-0.2, 0) is 33.3 Å². The third kappa shape index (κ3) is 18.0. The maximum atomic E-state index is 14.0. The van der Waals surface area contributed by atoms with E-state index >= 15 is 0 Å². The van der Waals surface area contributed by atoms with Gasteiger partial charge in [0.05, 0.1) is 0 Å². The maximum absolute atomic E-state index is 14.0. The molecule has 18 heteroatoms. The number of hydrogen-bond donors (Lipinski definition) is 7. The number of carbonyl (C=O) groups excluding carboxylic acids is 7. The molecular formula is C45H55N7O11. The van der Waals surface area contributed by atoms with E-state index in [1.807, 2.05) is 48.5 Å². The zero-order valence-electron chi connectivity index (χ0n) is 35.0. The Hall–Kier alpha value is -7.39. The second kappa shape index (κ2) is 28.2. The number of terminal acetylenes is 3. The lowest BCUT2D eigenvalue weighted by atomic mass is 9.98. The van der Waals surface area contributed by atoms with Crippen LogP contribution in [0.1, 0.15) is 74.8 Å². The lowest BCUT2D eigenvalue weighted by molar-refractivity contribution is -0.132. The SMILES string of the molecule is C#CCOC(=O)NCCCC[C@H](NC(=O)[C@H](CCCCNC(=O)OCC#C)NC(=O)[C@H](CCCCNC(=O)OCC#C)NC(=O)OCC1c2ccccc2-c2ccccc21)C(N)=O. The third-order valence-electron chi connectivity index (χ3n) is 9.67. The van der Waals surface area contributed by atoms with Gasteiger partial charge in [-0.1, -0.05) is 66.3 Å². The van der Waals surface area contributed by atoms with Gasteiger partial charge < -0.3 is 56.6 Å². The number of nitrogens with two attached hydrogens (primary N) is 1. The highest BCUT2D eigenvalue weighted by Crippen LogP contribution is 2.44. The summed E-state index contributed by atoms with van der Waals surface area (Å²) in [5, 5.41) is 15.6. The van der Waals surface area contributed by atoms with Crippen molar-refractivity contribution in [2.24, 2.45) is 5.73 Å². The molecule has 0 radical (unpaired) electrons. The van der Waals surface area contributed by atoms with Crippen molar-refractivity contribution in [2.45, 2.75) is 81.8 Å². The van der Waals surface area contributed by atoms with E-state index < -0.39 is 60.2 Å². The summed E-state index contributed by atoms with van der Waals surface area (Å²) in [5.74, 6) is 4.04. The predicted octanol–water partition coefficient (Wildman–Crippen LogP) is 2.94. The summed E-state index contributed by atoms with van der Waals surface area (Å²) < 4.78 is 20.1. The van der Waals surface area contributed by atoms with E-state index in [-0.39, 0.29) is 71.2 Å². The molecule has 0 aromatic heterocycles. The van der Waals surface area contributed by atoms with Crippen molar-refractivity contribution >= 4 is 42.1 Å². The van der Waals surface area contributed by atoms with Crippen LogP contribution in [0.25, 0.3) is 11.1 Å². The van der Waals surface area contributed by atoms with Crippen LogP contribution in [0, 0.1) is 37.0 Å². The van der Waals surface area contributed by atoms with Crippen molar-refractivity contribution in [2.75, 3.05) is 46.1 Å². The number of benzene rings is 2. The molecule has 63 heavy (non-hydrogen) atoms. The van der Waals surface area contributed by atoms with Crippen LogP contribution in [0.15, 0.2) is 48.5 Å². The summed E-state index contributed by atoms with van der Waals surface area (Å²) in [6.45, 7) is -0.0767. The molecule has 0 unspecified atom stereocenters. The third-order valence-corrected chi connectivity index (χ3v) is 9.67. The number of carbonyl (C=O) groups is 7. The molecule has 3 rings (SSSR count). The summed E-state index contributed by atoms with van der Waals surface area (Å²) in [7, 11) is 0. The number of alkyl carbamates (subject to hydrolysis) is 4. The number of rotatable bonds is 26. The average Bonchev–Trinajstić information content (AvgIpc) is 3.60. The highest BCUT2D eigenvalue weighted by atomic mass is 16.6. The number of amides is 7. The standard InChI is InChI=1S/C45H55N7O11/c1-4-27-60-42(56)47-24-14-11-21-36(39(46)53)50-40(54)37(22-12-15-25-48-43(57)61-28-5-2)51-41(55)38(23-13-16-26-49-44(58)62-29-6-3)52-45(59)63-30-35-33-19-9-7-17-31(33)32-18-8-10-20-34(32)35/h1-3,7-10,17-20,35-38H,11-16,21-30H2,(H2,46,53)(H,47,56)(H,48,57)(H,49,58)(H,50,54)(H,51,55)(H,52,59)/t36-,37-,38-/m0/s1. The van der Waals surface area contributed by atoms with Gasteiger partial charge in [0, 0.05) is 25.6 Å². The highest BCUT2D eigenvalue weighted by molar-refractivity contribution is 5.93. The monoisotopic (exact) mass is 869 g/mol. The number of nitrogens with one attached hydrogen (secondary N) is 6. The van der Waals surface area contributed by atoms with Crippen LogP contribution >= 0.6 is 0 Å². The van der Waals surface area contributed by atoms with Crippen molar-refractivity contribution in [1.29, 1.82) is 0 Å². The second-order valence-corrected chi connectivity index (χ2v) is 14.2. The fourth-order valence-corrected chi connectivity index (χ4v) is 6.62. The Morgan fingerprint density at radius 1 is 0.524 bits per heavy atom. The fraction of sp³-hybridized carbons (Fsp3) is 0.444. The molecule has 0 heterocycles. The number of hydrogen-bond acceptors (Lipinski definition) is 11. The first-order chi connectivity index (χ1) is 30.5. The van der Waals surface area contributed by atoms with E-state index in [1.165, 1.54) is 0 Å². The molecule has 7 amide bonds. The molecule has 336 valence electrons. The van der Waals surface area contributed by atoms with Crippen molar-refractivity contribution in [3.63, 3.8) is 0 Å². The quantitative estimate of drug-likeness (QED) is 0.0411. The number of unbranched alkanes of at least 4 members (excludes halogenated alkanes) is 3. The maximum Gasteiger partial charge on any atom is 0.408 e. The van der Waals surface area contributed by atoms with Crippen molar-refractivity contribution in [3.05, 3.63) is 59.7 Å². The van der Waals surface area contributed by atoms with Crippen LogP contribution in [0.2, 0.25) is 0 Å². The van der Waals surface area contributed by atoms with Gasteiger partial charge >= 0.3 is 24.4 Å². The number of fused-ring (bicyclic) bond motifs is 3. The molecule has 2 aromatic carbocycles. The van der Waals surface area contributed by atoms with Crippen molar-refractivity contribution in [3.8, 4) is 48.2 Å². The minimum absolute atomic E-state index is 0.0202. The van der Waals surface area contributed by atoms with Crippen molar-refractivity contribution < 1.29 is 52.5 Å². The number of ether oxygens (including phenoxy) is 4. The molecule has 0 bridgehead atoms. The van der Waals surface area contributed by atoms with E-state index in [0.29, 0.717) is 38.5 Å². The zero-order chi connectivity index (χ0) is 45.8. The summed E-state index contributed by atoms with van der Waals surface area (Å²) >= 11 is 0. The van der Waals surface area contributed by atoms with E-state index in [1.54, 1.807) is 0 Å². The van der Waals surface area contributed by atoms with E-state index in [2.05, 4.69) is 49.7 Å². The van der Waals surface area contributed by atoms with E-state index in [9.17, 15) is 33.6 Å². The Labute approximate surface area is 367 Å². The minimum Gasteiger partial charge on any atom is -0.449 e. The van der Waals surface area contributed by atoms with Gasteiger partial charge in [0.1, 0.15) is 24.7 Å². The molecule has 0 saturated carbocycles. The van der Waals surface area contributed by atoms with Gasteiger partial charge in [-0.15, -0.1) is 19.3 Å². The molecule has 0 fully saturated rings. The Balaban J connectivity index is 1.72. The van der Waals surface area contributed by atoms with Gasteiger partial charge in [-0.3, -0.25) is 14.4 Å². The smallest absolute Gasteiger partial charge is 0.408 e. The molecule has 3 atom stereocenters. The van der Waals surface area contributed by atoms with Crippen LogP contribution in [0.3, 0.4) is 0 Å². The summed E-state index contributed by atoms with van der Waals surface area (Å²) in [6.07, 6.45) is 14.7. The second-order valence-electron chi connectivity index (χ2n) is 14.2. The molecular weight excluding hydrogens is 815 g/mol. The molecule has 0 spiro atoms. The molecule has 0 saturated heterocycles. The van der Waals surface area contributed by atoms with Gasteiger partial charge in [0.15, 0.2) is 19.8 Å². The highest BCUT2D eigenvalue weighted by Gasteiger charge is 2.32. The Bertz CT molecular complexity index is 1960. The van der Waals surface area contributed by atoms with E-state index in [4.69, 9.17) is 44.0 Å². The van der Waals surface area contributed by atoms with Gasteiger partial charge in [0.2, 0.25) is 17.7 Å². The summed E-state index contributed by atoms with van der Waals surface area (Å²) in [6, 6.07) is 12.1. The van der Waals surface area contributed by atoms with Gasteiger partial charge in [-0.2, -0.15) is 0 Å². The number of primary amides is 1. The van der Waals surface area contributed by atoms with Crippen LogP contribution in [0.5, 0.6) is 0 Å². The lowest BCUT2D eigenvalue weighted by Crippen LogP contribution is -2.56. The summed E-state index contributed by atoms with van der Waals surface area (Å²) in [5.41, 5.74) is 9.70. The Kier molecular flexibility index (Phi) is 22.4. The first-order valence-electron chi connectivity index (χ1n) is 20.5. The van der Waals surface area contributed by atoms with Crippen LogP contribution in [0.4, 0.5) is 19.2 Å². The Morgan fingerprint density at radius 2 is 0.905 bits per heavy atom. The van der Waals surface area contributed by atoms with Gasteiger partial charge in [-0.05, 0) is 80.0 Å². The molecule has 1 aliphatic carbocycles. The molecule has 8 N–H and O–H groups in total. The van der Waals surface area contributed by atoms with E-state index in [0.717, 1.165) is 22.3 Å². The molecule has 0 aliphatic heterocycles. The van der Waals surface area contributed by atoms with Crippen LogP contribution < -0.4 is 37.6 Å². The topological polar surface area (TPSA) is 255 Å². The minimum atomic E-state index is -1.22. The largest absolute Gasteiger partial charge is 0.449 e. The first kappa shape index (κ1) is 50.0. The average molecular weight is 870 g/mol. The predicted molar refractivity (Wildman–Crippen MR) is 231 cm³/mol. The molecule has 1 aliphatic rings. The van der Waals surface area contributed by atoms with Gasteiger partial charge in [0.25, 0.3) is 0 Å². The molecule has 2 aromatic rings. The summed E-state index contributed by atoms with van der Waals surface area (Å²) in [4.78, 5) is 89.0.